The fourth-order valence-corrected chi connectivity index (χ4v) is 1.77. The van der Waals surface area contributed by atoms with E-state index in [-0.39, 0.29) is 23.9 Å². The van der Waals surface area contributed by atoms with Gasteiger partial charge >= 0.3 is 0 Å². The first kappa shape index (κ1) is 12.6. The van der Waals surface area contributed by atoms with E-state index in [1.165, 1.54) is 6.07 Å². The summed E-state index contributed by atoms with van der Waals surface area (Å²) < 4.78 is 36.2. The lowest BCUT2D eigenvalue weighted by molar-refractivity contribution is 0.188. The number of ether oxygens (including phenoxy) is 2. The Kier molecular flexibility index (Phi) is 3.64. The zero-order valence-corrected chi connectivity index (χ0v) is 9.90. The average molecular weight is 256 g/mol. The third kappa shape index (κ3) is 3.09. The van der Waals surface area contributed by atoms with Crippen LogP contribution in [0.2, 0.25) is 0 Å². The molecule has 0 saturated heterocycles. The largest absolute Gasteiger partial charge is 0.491 e. The van der Waals surface area contributed by atoms with Gasteiger partial charge in [-0.3, -0.25) is 0 Å². The molecule has 0 unspecified atom stereocenters. The second-order valence-electron chi connectivity index (χ2n) is 4.17. The van der Waals surface area contributed by atoms with Gasteiger partial charge in [-0.15, -0.1) is 0 Å². The summed E-state index contributed by atoms with van der Waals surface area (Å²) in [4.78, 5) is 4.06. The summed E-state index contributed by atoms with van der Waals surface area (Å²) in [6, 6.07) is 3.57. The van der Waals surface area contributed by atoms with Crippen LogP contribution in [0.5, 0.6) is 5.75 Å². The van der Waals surface area contributed by atoms with Crippen molar-refractivity contribution < 1.29 is 18.3 Å². The van der Waals surface area contributed by atoms with Crippen LogP contribution >= 0.6 is 0 Å². The molecule has 1 aromatic rings. The summed E-state index contributed by atoms with van der Waals surface area (Å²) in [7, 11) is 0. The Bertz CT molecular complexity index is 465. The fraction of sp³-hybridized carbons (Fsp3) is 0.417. The van der Waals surface area contributed by atoms with Gasteiger partial charge in [0.25, 0.3) is 6.02 Å². The fourth-order valence-electron chi connectivity index (χ4n) is 1.77. The molecule has 0 aliphatic carbocycles. The predicted molar refractivity (Wildman–Crippen MR) is 62.4 cm³/mol. The summed E-state index contributed by atoms with van der Waals surface area (Å²) in [6.07, 6.45) is 0.401. The molecule has 98 valence electrons. The molecule has 2 rings (SSSR count). The molecule has 0 saturated carbocycles. The number of hydrogen-bond donors (Lipinski definition) is 1. The van der Waals surface area contributed by atoms with E-state index in [2.05, 4.69) is 4.99 Å². The Morgan fingerprint density at radius 2 is 2.28 bits per heavy atom. The maximum atomic E-state index is 13.0. The first-order valence-corrected chi connectivity index (χ1v) is 5.62. The molecule has 0 radical (unpaired) electrons. The number of nitrogens with zero attached hydrogens (tertiary/aromatic N) is 1. The number of benzene rings is 1. The maximum absolute atomic E-state index is 13.0. The van der Waals surface area contributed by atoms with Crippen LogP contribution in [0.1, 0.15) is 13.3 Å². The molecule has 1 aliphatic heterocycles. The summed E-state index contributed by atoms with van der Waals surface area (Å²) in [5, 5.41) is 0. The third-order valence-electron chi connectivity index (χ3n) is 2.57. The summed E-state index contributed by atoms with van der Waals surface area (Å²) >= 11 is 0. The number of hydrogen-bond acceptors (Lipinski definition) is 4. The van der Waals surface area contributed by atoms with Crippen LogP contribution in [0.3, 0.4) is 0 Å². The van der Waals surface area contributed by atoms with E-state index in [0.717, 1.165) is 12.1 Å². The minimum absolute atomic E-state index is 0.0507. The highest BCUT2D eigenvalue weighted by atomic mass is 19.2. The number of aliphatic imine (C=N–C) groups is 1. The second-order valence-corrected chi connectivity index (χ2v) is 4.17. The van der Waals surface area contributed by atoms with E-state index in [1.807, 2.05) is 6.92 Å². The van der Waals surface area contributed by atoms with Gasteiger partial charge in [0.1, 0.15) is 12.4 Å². The molecule has 0 fully saturated rings. The quantitative estimate of drug-likeness (QED) is 0.894. The lowest BCUT2D eigenvalue weighted by Crippen LogP contribution is -2.20. The summed E-state index contributed by atoms with van der Waals surface area (Å²) in [6.45, 7) is 2.25. The van der Waals surface area contributed by atoms with Gasteiger partial charge in [-0.1, -0.05) is 0 Å². The lowest BCUT2D eigenvalue weighted by Gasteiger charge is -2.16. The van der Waals surface area contributed by atoms with Crippen LogP contribution in [-0.2, 0) is 4.74 Å². The molecule has 2 N–H and O–H groups in total. The van der Waals surface area contributed by atoms with Gasteiger partial charge in [0.05, 0.1) is 12.1 Å². The summed E-state index contributed by atoms with van der Waals surface area (Å²) in [5.41, 5.74) is 5.39. The van der Waals surface area contributed by atoms with Crippen molar-refractivity contribution in [2.24, 2.45) is 10.7 Å². The molecule has 1 aliphatic rings. The first-order chi connectivity index (χ1) is 8.54. The van der Waals surface area contributed by atoms with Crippen LogP contribution < -0.4 is 10.5 Å². The second kappa shape index (κ2) is 5.20. The lowest BCUT2D eigenvalue weighted by atomic mass is 10.1. The van der Waals surface area contributed by atoms with Crippen molar-refractivity contribution in [2.75, 3.05) is 6.61 Å². The monoisotopic (exact) mass is 256 g/mol. The first-order valence-electron chi connectivity index (χ1n) is 5.62. The number of nitrogens with two attached hydrogens (primary N) is 1. The molecule has 6 heteroatoms. The van der Waals surface area contributed by atoms with Crippen LogP contribution in [0, 0.1) is 11.6 Å². The Balaban J connectivity index is 1.90. The van der Waals surface area contributed by atoms with Crippen molar-refractivity contribution in [1.82, 2.24) is 0 Å². The van der Waals surface area contributed by atoms with Gasteiger partial charge in [0.2, 0.25) is 0 Å². The van der Waals surface area contributed by atoms with Crippen LogP contribution in [0.25, 0.3) is 0 Å². The van der Waals surface area contributed by atoms with Crippen molar-refractivity contribution in [3.63, 3.8) is 0 Å². The summed E-state index contributed by atoms with van der Waals surface area (Å²) in [5.74, 6) is -1.53. The van der Waals surface area contributed by atoms with Gasteiger partial charge < -0.3 is 15.2 Å². The van der Waals surface area contributed by atoms with E-state index >= 15 is 0 Å². The molecule has 2 atom stereocenters. The van der Waals surface area contributed by atoms with E-state index in [1.54, 1.807) is 0 Å². The molecule has 18 heavy (non-hydrogen) atoms. The van der Waals surface area contributed by atoms with Gasteiger partial charge in [-0.2, -0.15) is 0 Å². The number of rotatable bonds is 4. The van der Waals surface area contributed by atoms with Crippen LogP contribution in [0.4, 0.5) is 8.78 Å². The Labute approximate surface area is 103 Å². The van der Waals surface area contributed by atoms with Gasteiger partial charge in [0, 0.05) is 12.5 Å². The smallest absolute Gasteiger partial charge is 0.282 e. The zero-order valence-electron chi connectivity index (χ0n) is 9.90. The molecule has 0 amide bonds. The highest BCUT2D eigenvalue weighted by Gasteiger charge is 2.20. The SMILES string of the molecule is C[C@H](C[C@H]1COC(N)=N1)Oc1ccc(F)c(F)c1. The minimum Gasteiger partial charge on any atom is -0.491 e. The topological polar surface area (TPSA) is 56.8 Å². The highest BCUT2D eigenvalue weighted by molar-refractivity contribution is 5.72. The zero-order chi connectivity index (χ0) is 13.1. The number of halogens is 2. The molecular formula is C12H14F2N2O2. The number of amidine groups is 1. The van der Waals surface area contributed by atoms with Crippen molar-refractivity contribution in [3.8, 4) is 5.75 Å². The Morgan fingerprint density at radius 3 is 2.89 bits per heavy atom. The predicted octanol–water partition coefficient (Wildman–Crippen LogP) is 1.84. The van der Waals surface area contributed by atoms with E-state index in [0.29, 0.717) is 13.0 Å². The van der Waals surface area contributed by atoms with E-state index in [4.69, 9.17) is 15.2 Å². The van der Waals surface area contributed by atoms with Gasteiger partial charge in [-0.25, -0.2) is 13.8 Å². The molecule has 0 aromatic heterocycles. The van der Waals surface area contributed by atoms with Crippen molar-refractivity contribution in [2.45, 2.75) is 25.5 Å². The average Bonchev–Trinajstić information content (AvgIpc) is 2.69. The van der Waals surface area contributed by atoms with Crippen molar-refractivity contribution >= 4 is 6.02 Å². The normalized spacial score (nSPS) is 20.2. The highest BCUT2D eigenvalue weighted by Crippen LogP contribution is 2.19. The van der Waals surface area contributed by atoms with Crippen molar-refractivity contribution in [1.29, 1.82) is 0 Å². The minimum atomic E-state index is -0.925. The van der Waals surface area contributed by atoms with Crippen molar-refractivity contribution in [3.05, 3.63) is 29.8 Å². The van der Waals surface area contributed by atoms with Crippen LogP contribution in [-0.4, -0.2) is 24.8 Å². The Hall–Kier alpha value is -1.85. The molecular weight excluding hydrogens is 242 g/mol. The van der Waals surface area contributed by atoms with Gasteiger partial charge in [-0.05, 0) is 19.1 Å². The molecule has 4 nitrogen and oxygen atoms in total. The molecule has 1 aromatic carbocycles. The molecule has 0 spiro atoms. The molecule has 1 heterocycles. The Morgan fingerprint density at radius 1 is 1.50 bits per heavy atom. The van der Waals surface area contributed by atoms with Crippen LogP contribution in [0.15, 0.2) is 23.2 Å². The van der Waals surface area contributed by atoms with E-state index < -0.39 is 11.6 Å². The standard InChI is InChI=1S/C12H14F2N2O2/c1-7(4-8-6-17-12(15)16-8)18-9-2-3-10(13)11(14)5-9/h2-3,5,7-8H,4,6H2,1H3,(H2,15,16)/t7-,8+/m1/s1. The van der Waals surface area contributed by atoms with E-state index in [9.17, 15) is 8.78 Å². The van der Waals surface area contributed by atoms with Gasteiger partial charge in [0.15, 0.2) is 11.6 Å². The molecule has 0 bridgehead atoms. The third-order valence-corrected chi connectivity index (χ3v) is 2.57. The maximum Gasteiger partial charge on any atom is 0.282 e.